The summed E-state index contributed by atoms with van der Waals surface area (Å²) in [6.07, 6.45) is 0.798. The van der Waals surface area contributed by atoms with Crippen LogP contribution in [-0.4, -0.2) is 59.5 Å². The number of aliphatic hydroxyl groups excluding tert-OH is 1. The molecule has 2 heterocycles. The third kappa shape index (κ3) is 4.18. The lowest BCUT2D eigenvalue weighted by molar-refractivity contribution is 0.138. The number of nitrogens with zero attached hydrogens (tertiary/aromatic N) is 4. The van der Waals surface area contributed by atoms with Gasteiger partial charge in [-0.05, 0) is 24.5 Å². The molecule has 19 heavy (non-hydrogen) atoms. The minimum Gasteiger partial charge on any atom is -0.393 e. The first-order valence-corrected chi connectivity index (χ1v) is 6.98. The van der Waals surface area contributed by atoms with E-state index in [2.05, 4.69) is 40.8 Å². The molecular formula is C13H24N4O2. The summed E-state index contributed by atoms with van der Waals surface area (Å²) in [5.74, 6) is 1.65. The number of aromatic nitrogens is 2. The number of piperazine rings is 1. The van der Waals surface area contributed by atoms with Gasteiger partial charge in [-0.15, -0.1) is 0 Å². The maximum absolute atomic E-state index is 9.88. The van der Waals surface area contributed by atoms with Gasteiger partial charge in [0.15, 0.2) is 0 Å². The average Bonchev–Trinajstić information content (AvgIpc) is 2.77. The molecule has 0 aliphatic carbocycles. The van der Waals surface area contributed by atoms with Gasteiger partial charge in [0.2, 0.25) is 5.89 Å². The van der Waals surface area contributed by atoms with E-state index in [0.717, 1.165) is 32.6 Å². The van der Waals surface area contributed by atoms with E-state index < -0.39 is 6.10 Å². The Hall–Kier alpha value is -1.14. The molecule has 1 atom stereocenters. The van der Waals surface area contributed by atoms with Gasteiger partial charge >= 0.3 is 0 Å². The molecule has 6 nitrogen and oxygen atoms in total. The van der Waals surface area contributed by atoms with Gasteiger partial charge in [-0.3, -0.25) is 0 Å². The molecule has 0 bridgehead atoms. The van der Waals surface area contributed by atoms with Crippen LogP contribution in [0.4, 0.5) is 5.95 Å². The Morgan fingerprint density at radius 3 is 2.58 bits per heavy atom. The lowest BCUT2D eigenvalue weighted by atomic mass is 10.0. The van der Waals surface area contributed by atoms with Crippen molar-refractivity contribution in [3.63, 3.8) is 0 Å². The lowest BCUT2D eigenvalue weighted by Gasteiger charge is -2.31. The average molecular weight is 268 g/mol. The first kappa shape index (κ1) is 14.3. The van der Waals surface area contributed by atoms with Gasteiger partial charge in [0.25, 0.3) is 5.95 Å². The summed E-state index contributed by atoms with van der Waals surface area (Å²) in [6, 6.07) is 0. The maximum Gasteiger partial charge on any atom is 0.266 e. The van der Waals surface area contributed by atoms with Gasteiger partial charge in [-0.25, -0.2) is 0 Å². The van der Waals surface area contributed by atoms with E-state index in [-0.39, 0.29) is 0 Å². The molecule has 0 aromatic carbocycles. The predicted molar refractivity (Wildman–Crippen MR) is 73.2 cm³/mol. The van der Waals surface area contributed by atoms with E-state index in [1.807, 2.05) is 0 Å². The molecule has 1 aliphatic heterocycles. The summed E-state index contributed by atoms with van der Waals surface area (Å²) >= 11 is 0. The van der Waals surface area contributed by atoms with Crippen LogP contribution in [0.3, 0.4) is 0 Å². The summed E-state index contributed by atoms with van der Waals surface area (Å²) in [5, 5.41) is 13.9. The van der Waals surface area contributed by atoms with Gasteiger partial charge in [0.1, 0.15) is 0 Å². The monoisotopic (exact) mass is 268 g/mol. The van der Waals surface area contributed by atoms with Crippen molar-refractivity contribution < 1.29 is 9.63 Å². The van der Waals surface area contributed by atoms with E-state index in [1.54, 1.807) is 0 Å². The highest BCUT2D eigenvalue weighted by Gasteiger charge is 2.20. The van der Waals surface area contributed by atoms with Crippen LogP contribution < -0.4 is 4.90 Å². The van der Waals surface area contributed by atoms with E-state index >= 15 is 0 Å². The van der Waals surface area contributed by atoms with Crippen LogP contribution in [-0.2, 0) is 6.42 Å². The van der Waals surface area contributed by atoms with Crippen LogP contribution in [0.15, 0.2) is 4.52 Å². The van der Waals surface area contributed by atoms with E-state index in [1.165, 1.54) is 0 Å². The van der Waals surface area contributed by atoms with Crippen molar-refractivity contribution in [1.82, 2.24) is 15.0 Å². The summed E-state index contributed by atoms with van der Waals surface area (Å²) in [7, 11) is 2.11. The molecule has 108 valence electrons. The molecule has 1 aliphatic rings. The molecule has 2 rings (SSSR count). The Morgan fingerprint density at radius 2 is 1.95 bits per heavy atom. The summed E-state index contributed by atoms with van der Waals surface area (Å²) < 4.78 is 5.22. The molecule has 0 saturated carbocycles. The topological polar surface area (TPSA) is 65.6 Å². The second-order valence-corrected chi connectivity index (χ2v) is 5.77. The highest BCUT2D eigenvalue weighted by Crippen LogP contribution is 2.14. The normalized spacial score (nSPS) is 19.1. The SMILES string of the molecule is CC(C)CC(O)Cc1nc(N2CCN(C)CC2)no1. The van der Waals surface area contributed by atoms with Gasteiger partial charge in [-0.2, -0.15) is 4.98 Å². The zero-order valence-electron chi connectivity index (χ0n) is 12.0. The number of aliphatic hydroxyl groups is 1. The molecule has 1 unspecified atom stereocenters. The zero-order chi connectivity index (χ0) is 13.8. The first-order valence-electron chi connectivity index (χ1n) is 6.98. The molecule has 6 heteroatoms. The third-order valence-corrected chi connectivity index (χ3v) is 3.40. The number of rotatable bonds is 5. The van der Waals surface area contributed by atoms with E-state index in [4.69, 9.17) is 4.52 Å². The molecule has 0 spiro atoms. The molecule has 1 N–H and O–H groups in total. The quantitative estimate of drug-likeness (QED) is 0.851. The Labute approximate surface area is 114 Å². The van der Waals surface area contributed by atoms with Crippen LogP contribution in [0, 0.1) is 5.92 Å². The van der Waals surface area contributed by atoms with Crippen LogP contribution in [0.2, 0.25) is 0 Å². The minimum atomic E-state index is -0.402. The van der Waals surface area contributed by atoms with Crippen molar-refractivity contribution in [3.8, 4) is 0 Å². The van der Waals surface area contributed by atoms with Gasteiger partial charge in [0, 0.05) is 26.2 Å². The van der Waals surface area contributed by atoms with Crippen LogP contribution in [0.1, 0.15) is 26.2 Å². The minimum absolute atomic E-state index is 0.402. The van der Waals surface area contributed by atoms with E-state index in [9.17, 15) is 5.11 Å². The fourth-order valence-corrected chi connectivity index (χ4v) is 2.29. The molecular weight excluding hydrogens is 244 g/mol. The van der Waals surface area contributed by atoms with Crippen LogP contribution in [0.25, 0.3) is 0 Å². The van der Waals surface area contributed by atoms with Gasteiger partial charge < -0.3 is 19.4 Å². The van der Waals surface area contributed by atoms with Gasteiger partial charge in [-0.1, -0.05) is 13.8 Å². The van der Waals surface area contributed by atoms with Crippen molar-refractivity contribution >= 4 is 5.95 Å². The fourth-order valence-electron chi connectivity index (χ4n) is 2.29. The van der Waals surface area contributed by atoms with Gasteiger partial charge in [0.05, 0.1) is 12.5 Å². The van der Waals surface area contributed by atoms with E-state index in [0.29, 0.717) is 24.2 Å². The van der Waals surface area contributed by atoms with Crippen molar-refractivity contribution in [2.24, 2.45) is 5.92 Å². The molecule has 1 aromatic rings. The molecule has 1 fully saturated rings. The largest absolute Gasteiger partial charge is 0.393 e. The molecule has 0 amide bonds. The summed E-state index contributed by atoms with van der Waals surface area (Å²) in [5.41, 5.74) is 0. The highest BCUT2D eigenvalue weighted by atomic mass is 16.5. The Kier molecular flexibility index (Phi) is 4.76. The van der Waals surface area contributed by atoms with Crippen LogP contribution >= 0.6 is 0 Å². The second kappa shape index (κ2) is 6.34. The lowest BCUT2D eigenvalue weighted by Crippen LogP contribution is -2.44. The molecule has 1 saturated heterocycles. The molecule has 0 radical (unpaired) electrons. The Balaban J connectivity index is 1.88. The van der Waals surface area contributed by atoms with Crippen molar-refractivity contribution in [2.75, 3.05) is 38.1 Å². The number of anilines is 1. The summed E-state index contributed by atoms with van der Waals surface area (Å²) in [4.78, 5) is 8.78. The fraction of sp³-hybridized carbons (Fsp3) is 0.846. The molecule has 1 aromatic heterocycles. The predicted octanol–water partition coefficient (Wildman–Crippen LogP) is 0.771. The smallest absolute Gasteiger partial charge is 0.266 e. The van der Waals surface area contributed by atoms with Crippen LogP contribution in [0.5, 0.6) is 0 Å². The summed E-state index contributed by atoms with van der Waals surface area (Å²) in [6.45, 7) is 8.05. The number of hydrogen-bond donors (Lipinski definition) is 1. The second-order valence-electron chi connectivity index (χ2n) is 5.77. The third-order valence-electron chi connectivity index (χ3n) is 3.40. The first-order chi connectivity index (χ1) is 9.04. The Morgan fingerprint density at radius 1 is 1.26 bits per heavy atom. The standard InChI is InChI=1S/C13H24N4O2/c1-10(2)8-11(18)9-12-14-13(15-19-12)17-6-4-16(3)5-7-17/h10-11,18H,4-9H2,1-3H3. The number of likely N-dealkylation sites (N-methyl/N-ethyl adjacent to an activating group) is 1. The van der Waals surface area contributed by atoms with Crippen molar-refractivity contribution in [3.05, 3.63) is 5.89 Å². The maximum atomic E-state index is 9.88. The Bertz CT molecular complexity index is 386. The number of hydrogen-bond acceptors (Lipinski definition) is 6. The highest BCUT2D eigenvalue weighted by molar-refractivity contribution is 5.28. The zero-order valence-corrected chi connectivity index (χ0v) is 12.0. The van der Waals surface area contributed by atoms with Crippen molar-refractivity contribution in [2.45, 2.75) is 32.8 Å². The van der Waals surface area contributed by atoms with Crippen molar-refractivity contribution in [1.29, 1.82) is 0 Å².